The molecule has 0 radical (unpaired) electrons. The quantitative estimate of drug-likeness (QED) is 0.395. The van der Waals surface area contributed by atoms with Gasteiger partial charge < -0.3 is 14.0 Å². The maximum Gasteiger partial charge on any atom is 0.338 e. The average molecular weight is 401 g/mol. The average Bonchev–Trinajstić information content (AvgIpc) is 3.07. The van der Waals surface area contributed by atoms with E-state index in [0.29, 0.717) is 23.1 Å². The highest BCUT2D eigenvalue weighted by Crippen LogP contribution is 2.30. The van der Waals surface area contributed by atoms with Crippen LogP contribution in [0.25, 0.3) is 12.2 Å². The Bertz CT molecular complexity index is 1010. The first-order valence-electron chi connectivity index (χ1n) is 8.32. The fraction of sp³-hybridized carbons (Fsp3) is 0.150. The van der Waals surface area contributed by atoms with Crippen molar-refractivity contribution in [3.8, 4) is 11.5 Å². The van der Waals surface area contributed by atoms with Crippen LogP contribution in [0.15, 0.2) is 47.0 Å². The van der Waals surface area contributed by atoms with Crippen molar-refractivity contribution >= 4 is 29.4 Å². The second-order valence-electron chi connectivity index (χ2n) is 5.90. The molecule has 0 fully saturated rings. The van der Waals surface area contributed by atoms with Crippen molar-refractivity contribution in [2.24, 2.45) is 0 Å². The summed E-state index contributed by atoms with van der Waals surface area (Å²) < 4.78 is 16.2. The van der Waals surface area contributed by atoms with Crippen LogP contribution in [-0.4, -0.2) is 17.2 Å². The van der Waals surface area contributed by atoms with E-state index in [2.05, 4.69) is 5.16 Å². The topological polar surface area (TPSA) is 87.6 Å². The fourth-order valence-electron chi connectivity index (χ4n) is 2.53. The highest BCUT2D eigenvalue weighted by Gasteiger charge is 2.21. The summed E-state index contributed by atoms with van der Waals surface area (Å²) in [6, 6.07) is 12.7. The molecule has 3 aromatic rings. The maximum atomic E-state index is 11.1. The molecule has 28 heavy (non-hydrogen) atoms. The molecule has 1 aromatic heterocycles. The monoisotopic (exact) mass is 400 g/mol. The zero-order valence-corrected chi connectivity index (χ0v) is 16.0. The Morgan fingerprint density at radius 3 is 2.61 bits per heavy atom. The van der Waals surface area contributed by atoms with Gasteiger partial charge in [-0.25, -0.2) is 0 Å². The Labute approximate surface area is 166 Å². The van der Waals surface area contributed by atoms with Crippen molar-refractivity contribution in [2.75, 3.05) is 7.11 Å². The van der Waals surface area contributed by atoms with Crippen molar-refractivity contribution in [1.29, 1.82) is 0 Å². The van der Waals surface area contributed by atoms with Gasteiger partial charge in [0.15, 0.2) is 17.2 Å². The normalized spacial score (nSPS) is 11.0. The predicted molar refractivity (Wildman–Crippen MR) is 106 cm³/mol. The van der Waals surface area contributed by atoms with E-state index >= 15 is 0 Å². The van der Waals surface area contributed by atoms with Gasteiger partial charge in [0.05, 0.1) is 12.0 Å². The van der Waals surface area contributed by atoms with Crippen molar-refractivity contribution in [1.82, 2.24) is 5.16 Å². The standard InChI is InChI=1S/C20H17ClN2O5/c1-13-20(23(24)25)18(28-22-13)10-6-14-5-9-17(19(11-14)26-2)27-12-15-3-7-16(21)8-4-15/h3-11H,12H2,1-2H3/b10-6-. The molecule has 144 valence electrons. The third-order valence-electron chi connectivity index (χ3n) is 3.96. The summed E-state index contributed by atoms with van der Waals surface area (Å²) in [5.41, 5.74) is 1.82. The van der Waals surface area contributed by atoms with E-state index in [1.807, 2.05) is 18.2 Å². The first-order chi connectivity index (χ1) is 13.5. The summed E-state index contributed by atoms with van der Waals surface area (Å²) in [6.45, 7) is 1.89. The van der Waals surface area contributed by atoms with E-state index in [-0.39, 0.29) is 17.1 Å². The lowest BCUT2D eigenvalue weighted by Crippen LogP contribution is -1.97. The highest BCUT2D eigenvalue weighted by atomic mass is 35.5. The minimum absolute atomic E-state index is 0.0875. The number of benzene rings is 2. The molecule has 0 atom stereocenters. The second kappa shape index (κ2) is 8.58. The Morgan fingerprint density at radius 2 is 1.93 bits per heavy atom. The molecule has 7 nitrogen and oxygen atoms in total. The van der Waals surface area contributed by atoms with Gasteiger partial charge in [0.2, 0.25) is 5.76 Å². The maximum absolute atomic E-state index is 11.1. The minimum atomic E-state index is -0.514. The lowest BCUT2D eigenvalue weighted by Gasteiger charge is -2.11. The van der Waals surface area contributed by atoms with Gasteiger partial charge in [-0.3, -0.25) is 10.1 Å². The number of hydrogen-bond acceptors (Lipinski definition) is 6. The van der Waals surface area contributed by atoms with Crippen LogP contribution in [0.1, 0.15) is 22.6 Å². The summed E-state index contributed by atoms with van der Waals surface area (Å²) in [6.07, 6.45) is 3.18. The largest absolute Gasteiger partial charge is 0.493 e. The first-order valence-corrected chi connectivity index (χ1v) is 8.69. The third kappa shape index (κ3) is 4.50. The van der Waals surface area contributed by atoms with Crippen LogP contribution in [0, 0.1) is 17.0 Å². The Balaban J connectivity index is 1.75. The smallest absolute Gasteiger partial charge is 0.338 e. The Kier molecular flexibility index (Phi) is 5.96. The van der Waals surface area contributed by atoms with E-state index in [1.165, 1.54) is 13.0 Å². The molecule has 8 heteroatoms. The van der Waals surface area contributed by atoms with Crippen LogP contribution < -0.4 is 9.47 Å². The lowest BCUT2D eigenvalue weighted by atomic mass is 10.1. The molecule has 0 aliphatic rings. The van der Waals surface area contributed by atoms with Crippen LogP contribution in [0.5, 0.6) is 11.5 Å². The second-order valence-corrected chi connectivity index (χ2v) is 6.33. The molecule has 0 spiro atoms. The number of ether oxygens (including phenoxy) is 2. The third-order valence-corrected chi connectivity index (χ3v) is 4.21. The van der Waals surface area contributed by atoms with Crippen LogP contribution in [0.2, 0.25) is 5.02 Å². The molecule has 0 amide bonds. The van der Waals surface area contributed by atoms with Crippen molar-refractivity contribution in [2.45, 2.75) is 13.5 Å². The fourth-order valence-corrected chi connectivity index (χ4v) is 2.66. The van der Waals surface area contributed by atoms with Crippen LogP contribution in [0.3, 0.4) is 0 Å². The Hall–Kier alpha value is -3.32. The Morgan fingerprint density at radius 1 is 1.18 bits per heavy atom. The molecular weight excluding hydrogens is 384 g/mol. The highest BCUT2D eigenvalue weighted by molar-refractivity contribution is 6.30. The summed E-state index contributed by atoms with van der Waals surface area (Å²) in [5.74, 6) is 1.21. The zero-order valence-electron chi connectivity index (χ0n) is 15.2. The number of aromatic nitrogens is 1. The first kappa shape index (κ1) is 19.4. The predicted octanol–water partition coefficient (Wildman–Crippen LogP) is 5.30. The van der Waals surface area contributed by atoms with Gasteiger partial charge in [0.1, 0.15) is 6.61 Å². The van der Waals surface area contributed by atoms with E-state index < -0.39 is 4.92 Å². The van der Waals surface area contributed by atoms with Gasteiger partial charge in [-0.05, 0) is 48.4 Å². The summed E-state index contributed by atoms with van der Waals surface area (Å²) >= 11 is 5.88. The SMILES string of the molecule is COc1cc(/C=C\c2onc(C)c2[N+](=O)[O-])ccc1OCc1ccc(Cl)cc1. The summed E-state index contributed by atoms with van der Waals surface area (Å²) in [4.78, 5) is 10.6. The van der Waals surface area contributed by atoms with E-state index in [9.17, 15) is 10.1 Å². The van der Waals surface area contributed by atoms with Gasteiger partial charge >= 0.3 is 5.69 Å². The number of hydrogen-bond donors (Lipinski definition) is 0. The molecule has 0 aliphatic carbocycles. The zero-order chi connectivity index (χ0) is 20.1. The molecule has 0 bridgehead atoms. The van der Waals surface area contributed by atoms with Gasteiger partial charge in [-0.1, -0.05) is 41.0 Å². The molecule has 0 N–H and O–H groups in total. The number of nitrogens with zero attached hydrogens (tertiary/aromatic N) is 2. The van der Waals surface area contributed by atoms with Crippen molar-refractivity contribution in [3.05, 3.63) is 80.2 Å². The van der Waals surface area contributed by atoms with Gasteiger partial charge in [0, 0.05) is 5.02 Å². The van der Waals surface area contributed by atoms with Crippen LogP contribution in [0.4, 0.5) is 5.69 Å². The van der Waals surface area contributed by atoms with E-state index in [4.69, 9.17) is 25.6 Å². The molecule has 2 aromatic carbocycles. The van der Waals surface area contributed by atoms with Gasteiger partial charge in [-0.2, -0.15) is 0 Å². The summed E-state index contributed by atoms with van der Waals surface area (Å²) in [7, 11) is 1.54. The van der Waals surface area contributed by atoms with Gasteiger partial charge in [-0.15, -0.1) is 0 Å². The van der Waals surface area contributed by atoms with Crippen molar-refractivity contribution in [3.63, 3.8) is 0 Å². The molecule has 0 saturated carbocycles. The molecule has 3 rings (SSSR count). The van der Waals surface area contributed by atoms with E-state index in [0.717, 1.165) is 11.1 Å². The van der Waals surface area contributed by atoms with Crippen LogP contribution in [-0.2, 0) is 6.61 Å². The molecule has 0 aliphatic heterocycles. The number of aryl methyl sites for hydroxylation is 1. The molecule has 0 unspecified atom stereocenters. The van der Waals surface area contributed by atoms with Crippen molar-refractivity contribution < 1.29 is 18.9 Å². The van der Waals surface area contributed by atoms with Gasteiger partial charge in [0.25, 0.3) is 0 Å². The number of nitro groups is 1. The molecule has 0 saturated heterocycles. The number of rotatable bonds is 7. The lowest BCUT2D eigenvalue weighted by molar-refractivity contribution is -0.386. The minimum Gasteiger partial charge on any atom is -0.493 e. The molecule has 1 heterocycles. The molecular formula is C20H17ClN2O5. The summed E-state index contributed by atoms with van der Waals surface area (Å²) in [5, 5.41) is 15.4. The van der Waals surface area contributed by atoms with Crippen LogP contribution >= 0.6 is 11.6 Å². The number of halogens is 1. The number of methoxy groups -OCH3 is 1. The van der Waals surface area contributed by atoms with E-state index in [1.54, 1.807) is 37.5 Å².